The van der Waals surface area contributed by atoms with Crippen molar-refractivity contribution in [2.75, 3.05) is 13.2 Å². The lowest BCUT2D eigenvalue weighted by molar-refractivity contribution is -0.139. The van der Waals surface area contributed by atoms with E-state index in [0.717, 1.165) is 42.6 Å². The molecule has 0 aliphatic carbocycles. The molecule has 0 N–H and O–H groups in total. The van der Waals surface area contributed by atoms with Crippen LogP contribution in [0.4, 0.5) is 0 Å². The molecule has 4 heteroatoms. The van der Waals surface area contributed by atoms with Crippen molar-refractivity contribution >= 4 is 5.97 Å². The molecule has 0 amide bonds. The molecule has 2 rings (SSSR count). The summed E-state index contributed by atoms with van der Waals surface area (Å²) in [6.45, 7) is 6.40. The van der Waals surface area contributed by atoms with Gasteiger partial charge in [0.25, 0.3) is 0 Å². The third-order valence-corrected chi connectivity index (χ3v) is 5.32. The van der Waals surface area contributed by atoms with Crippen molar-refractivity contribution in [3.05, 3.63) is 66.2 Å². The van der Waals surface area contributed by atoms with E-state index in [-0.39, 0.29) is 5.97 Å². The summed E-state index contributed by atoms with van der Waals surface area (Å²) in [5.74, 6) is 0.493. The molecule has 2 aromatic carbocycles. The Morgan fingerprint density at radius 1 is 0.875 bits per heavy atom. The van der Waals surface area contributed by atoms with Crippen LogP contribution < -0.4 is 4.74 Å². The largest absolute Gasteiger partial charge is 0.493 e. The highest BCUT2D eigenvalue weighted by Crippen LogP contribution is 2.31. The summed E-state index contributed by atoms with van der Waals surface area (Å²) in [7, 11) is 0. The van der Waals surface area contributed by atoms with Crippen LogP contribution >= 0.6 is 0 Å². The van der Waals surface area contributed by atoms with Gasteiger partial charge in [-0.25, -0.2) is 4.79 Å². The van der Waals surface area contributed by atoms with E-state index < -0.39 is 0 Å². The van der Waals surface area contributed by atoms with E-state index in [2.05, 4.69) is 24.8 Å². The Hall–Kier alpha value is -3.06. The van der Waals surface area contributed by atoms with Crippen LogP contribution in [-0.4, -0.2) is 19.2 Å². The average molecular weight is 434 g/mol. The molecule has 0 aliphatic rings. The summed E-state index contributed by atoms with van der Waals surface area (Å²) in [5.41, 5.74) is 3.20. The van der Waals surface area contributed by atoms with Crippen LogP contribution in [0.3, 0.4) is 0 Å². The van der Waals surface area contributed by atoms with E-state index in [1.54, 1.807) is 6.92 Å². The maximum Gasteiger partial charge on any atom is 0.333 e. The number of ether oxygens (including phenoxy) is 2. The van der Waals surface area contributed by atoms with E-state index in [9.17, 15) is 10.1 Å². The lowest BCUT2D eigenvalue weighted by atomic mass is 10.0. The van der Waals surface area contributed by atoms with Gasteiger partial charge in [-0.2, -0.15) is 5.26 Å². The maximum atomic E-state index is 11.3. The predicted molar refractivity (Wildman–Crippen MR) is 129 cm³/mol. The molecule has 32 heavy (non-hydrogen) atoms. The highest BCUT2D eigenvalue weighted by atomic mass is 16.5. The first-order chi connectivity index (χ1) is 15.6. The first kappa shape index (κ1) is 25.2. The van der Waals surface area contributed by atoms with Crippen molar-refractivity contribution < 1.29 is 14.3 Å². The number of benzene rings is 2. The van der Waals surface area contributed by atoms with Gasteiger partial charge in [-0.1, -0.05) is 81.9 Å². The molecule has 0 fully saturated rings. The SMILES string of the molecule is C=C(C)C(=O)OCCCCCCCCCCCOc1cc(C#N)ccc1-c1ccccc1. The molecule has 170 valence electrons. The van der Waals surface area contributed by atoms with Gasteiger partial charge in [0, 0.05) is 11.1 Å². The van der Waals surface area contributed by atoms with Gasteiger partial charge in [0.2, 0.25) is 0 Å². The molecule has 0 saturated carbocycles. The number of esters is 1. The zero-order valence-corrected chi connectivity index (χ0v) is 19.3. The molecule has 0 bridgehead atoms. The monoisotopic (exact) mass is 433 g/mol. The zero-order valence-electron chi connectivity index (χ0n) is 19.3. The molecule has 0 unspecified atom stereocenters. The summed E-state index contributed by atoms with van der Waals surface area (Å²) >= 11 is 0. The molecule has 4 nitrogen and oxygen atoms in total. The fourth-order valence-corrected chi connectivity index (χ4v) is 3.48. The molecule has 0 atom stereocenters. The first-order valence-electron chi connectivity index (χ1n) is 11.7. The minimum atomic E-state index is -0.289. The van der Waals surface area contributed by atoms with Gasteiger partial charge in [0.05, 0.1) is 24.8 Å². The average Bonchev–Trinajstić information content (AvgIpc) is 2.82. The van der Waals surface area contributed by atoms with Crippen LogP contribution in [0.15, 0.2) is 60.7 Å². The third-order valence-electron chi connectivity index (χ3n) is 5.32. The molecule has 0 saturated heterocycles. The lowest BCUT2D eigenvalue weighted by Crippen LogP contribution is -2.05. The Kier molecular flexibility index (Phi) is 11.7. The highest BCUT2D eigenvalue weighted by molar-refractivity contribution is 5.86. The highest BCUT2D eigenvalue weighted by Gasteiger charge is 2.08. The summed E-state index contributed by atoms with van der Waals surface area (Å²) in [5, 5.41) is 9.21. The van der Waals surface area contributed by atoms with Crippen LogP contribution in [0, 0.1) is 11.3 Å². The van der Waals surface area contributed by atoms with Crippen molar-refractivity contribution in [3.8, 4) is 22.9 Å². The van der Waals surface area contributed by atoms with Gasteiger partial charge in [0.1, 0.15) is 5.75 Å². The Bertz CT molecular complexity index is 883. The molecular formula is C28H35NO3. The lowest BCUT2D eigenvalue weighted by Gasteiger charge is -2.12. The second-order valence-corrected chi connectivity index (χ2v) is 8.14. The first-order valence-corrected chi connectivity index (χ1v) is 11.7. The van der Waals surface area contributed by atoms with Crippen LogP contribution in [-0.2, 0) is 9.53 Å². The Balaban J connectivity index is 1.56. The van der Waals surface area contributed by atoms with E-state index in [1.807, 2.05) is 36.4 Å². The van der Waals surface area contributed by atoms with Crippen LogP contribution in [0.5, 0.6) is 5.75 Å². The van der Waals surface area contributed by atoms with Gasteiger partial charge in [0.15, 0.2) is 0 Å². The minimum Gasteiger partial charge on any atom is -0.493 e. The van der Waals surface area contributed by atoms with Crippen LogP contribution in [0.2, 0.25) is 0 Å². The summed E-state index contributed by atoms with van der Waals surface area (Å²) in [4.78, 5) is 11.3. The van der Waals surface area contributed by atoms with E-state index in [0.29, 0.717) is 24.4 Å². The molecule has 0 aromatic heterocycles. The standard InChI is InChI=1S/C28H35NO3/c1-23(2)28(30)32-20-14-9-7-5-3-4-6-8-13-19-31-27-21-24(22-29)17-18-26(27)25-15-11-10-12-16-25/h10-12,15-18,21H,1,3-9,13-14,19-20H2,2H3. The second kappa shape index (κ2) is 14.9. The Morgan fingerprint density at radius 3 is 2.06 bits per heavy atom. The van der Waals surface area contributed by atoms with Gasteiger partial charge < -0.3 is 9.47 Å². The van der Waals surface area contributed by atoms with E-state index in [1.165, 1.54) is 32.1 Å². The molecular weight excluding hydrogens is 398 g/mol. The number of carbonyl (C=O) groups is 1. The number of nitriles is 1. The van der Waals surface area contributed by atoms with Crippen molar-refractivity contribution in [1.29, 1.82) is 5.26 Å². The number of hydrogen-bond acceptors (Lipinski definition) is 4. The maximum absolute atomic E-state index is 11.3. The fourth-order valence-electron chi connectivity index (χ4n) is 3.48. The Labute approximate surface area is 192 Å². The van der Waals surface area contributed by atoms with Crippen LogP contribution in [0.25, 0.3) is 11.1 Å². The quantitative estimate of drug-likeness (QED) is 0.169. The second-order valence-electron chi connectivity index (χ2n) is 8.14. The Morgan fingerprint density at radius 2 is 1.47 bits per heavy atom. The number of hydrogen-bond donors (Lipinski definition) is 0. The number of carbonyl (C=O) groups excluding carboxylic acids is 1. The molecule has 2 aromatic rings. The topological polar surface area (TPSA) is 59.3 Å². The normalized spacial score (nSPS) is 10.4. The zero-order chi connectivity index (χ0) is 23.0. The number of rotatable bonds is 15. The van der Waals surface area contributed by atoms with Crippen molar-refractivity contribution in [2.45, 2.75) is 64.7 Å². The summed E-state index contributed by atoms with van der Waals surface area (Å²) in [6, 6.07) is 18.0. The molecule has 0 heterocycles. The van der Waals surface area contributed by atoms with Crippen molar-refractivity contribution in [2.24, 2.45) is 0 Å². The van der Waals surface area contributed by atoms with Crippen LogP contribution in [0.1, 0.15) is 70.3 Å². The summed E-state index contributed by atoms with van der Waals surface area (Å²) in [6.07, 6.45) is 10.3. The molecule has 0 spiro atoms. The minimum absolute atomic E-state index is 0.289. The van der Waals surface area contributed by atoms with Crippen molar-refractivity contribution in [1.82, 2.24) is 0 Å². The van der Waals surface area contributed by atoms with Crippen molar-refractivity contribution in [3.63, 3.8) is 0 Å². The number of nitrogens with zero attached hydrogens (tertiary/aromatic N) is 1. The summed E-state index contributed by atoms with van der Waals surface area (Å²) < 4.78 is 11.2. The van der Waals surface area contributed by atoms with E-state index >= 15 is 0 Å². The van der Waals surface area contributed by atoms with Gasteiger partial charge in [-0.05, 0) is 43.5 Å². The van der Waals surface area contributed by atoms with Gasteiger partial charge >= 0.3 is 5.97 Å². The number of unbranched alkanes of at least 4 members (excludes halogenated alkanes) is 8. The fraction of sp³-hybridized carbons (Fsp3) is 0.429. The van der Waals surface area contributed by atoms with Gasteiger partial charge in [-0.15, -0.1) is 0 Å². The van der Waals surface area contributed by atoms with Gasteiger partial charge in [-0.3, -0.25) is 0 Å². The third kappa shape index (κ3) is 9.39. The molecule has 0 aliphatic heterocycles. The smallest absolute Gasteiger partial charge is 0.333 e. The van der Waals surface area contributed by atoms with E-state index in [4.69, 9.17) is 9.47 Å². The predicted octanol–water partition coefficient (Wildman–Crippen LogP) is 7.23. The molecule has 0 radical (unpaired) electrons.